The third-order valence-corrected chi connectivity index (χ3v) is 9.40. The largest absolute Gasteiger partial charge is 0.458 e. The van der Waals surface area contributed by atoms with Gasteiger partial charge < -0.3 is 14.0 Å². The van der Waals surface area contributed by atoms with Crippen molar-refractivity contribution in [2.75, 3.05) is 0 Å². The monoisotopic (exact) mass is 449 g/mol. The molecule has 5 nitrogen and oxygen atoms in total. The number of benzene rings is 4. The van der Waals surface area contributed by atoms with Gasteiger partial charge in [-0.1, -0.05) is 24.3 Å². The lowest BCUT2D eigenvalue weighted by Crippen LogP contribution is -2.67. The second-order valence-electron chi connectivity index (χ2n) is 10.9. The van der Waals surface area contributed by atoms with Gasteiger partial charge in [-0.3, -0.25) is 4.40 Å². The topological polar surface area (TPSA) is 40.7 Å². The van der Waals surface area contributed by atoms with E-state index in [4.69, 9.17) is 14.5 Å². The molecule has 5 aliphatic rings. The van der Waals surface area contributed by atoms with Gasteiger partial charge in [0.05, 0.1) is 22.1 Å². The van der Waals surface area contributed by atoms with Gasteiger partial charge in [0.15, 0.2) is 0 Å². The molecule has 1 spiro atoms. The molecule has 0 bridgehead atoms. The first-order chi connectivity index (χ1) is 17.2. The minimum Gasteiger partial charge on any atom is -0.458 e. The molecule has 0 N–H and O–H groups in total. The summed E-state index contributed by atoms with van der Waals surface area (Å²) < 4.78 is 18.0. The number of fused-ring (bicyclic) bond motifs is 5. The molecule has 6 aromatic rings. The first-order valence-corrected chi connectivity index (χ1v) is 12.4. The van der Waals surface area contributed by atoms with Crippen LogP contribution in [0.15, 0.2) is 54.6 Å². The lowest BCUT2D eigenvalue weighted by atomic mass is 9.28. The van der Waals surface area contributed by atoms with Gasteiger partial charge >= 0.3 is 0 Å². The Kier molecular flexibility index (Phi) is 2.19. The van der Waals surface area contributed by atoms with Crippen LogP contribution < -0.4 is 25.9 Å². The molecule has 2 aromatic heterocycles. The van der Waals surface area contributed by atoms with Gasteiger partial charge in [-0.05, 0) is 70.8 Å². The summed E-state index contributed by atoms with van der Waals surface area (Å²) in [5.74, 6) is 4.89. The van der Waals surface area contributed by atoms with E-state index in [-0.39, 0.29) is 12.1 Å². The standard InChI is InChI=1S/C29H16BN3O2/c1-13-4-2-5-15-26(13)31-28-32-12-29-11-14-8-9-19-24(21(14)29)30-23-17(34-19)6-3-7-18(23)35-20-10-16(33(15)28)27(32)22(29)25(20)30/h2-10H,11-12H2,1H3. The van der Waals surface area contributed by atoms with Gasteiger partial charge in [0.25, 0.3) is 6.71 Å². The molecule has 1 aliphatic carbocycles. The summed E-state index contributed by atoms with van der Waals surface area (Å²) in [6.45, 7) is 3.25. The molecule has 4 aromatic carbocycles. The van der Waals surface area contributed by atoms with Crippen molar-refractivity contribution in [2.45, 2.75) is 25.3 Å². The summed E-state index contributed by atoms with van der Waals surface area (Å²) in [5.41, 5.74) is 14.4. The molecule has 6 heterocycles. The lowest BCUT2D eigenvalue weighted by molar-refractivity contribution is 0.407. The van der Waals surface area contributed by atoms with Crippen LogP contribution in [-0.2, 0) is 18.4 Å². The molecule has 1 atom stereocenters. The SMILES string of the molecule is Cc1cccc2c1nc1n3c4c5c6c(cc4n21)Oc1cccc2c1B6c1c(ccc4c1C5(C4)C3)O2. The van der Waals surface area contributed by atoms with Crippen molar-refractivity contribution in [2.24, 2.45) is 0 Å². The van der Waals surface area contributed by atoms with E-state index >= 15 is 0 Å². The van der Waals surface area contributed by atoms with E-state index in [1.165, 1.54) is 55.2 Å². The Bertz CT molecular complexity index is 2100. The highest BCUT2D eigenvalue weighted by Gasteiger charge is 2.61. The number of hydrogen-bond acceptors (Lipinski definition) is 3. The summed E-state index contributed by atoms with van der Waals surface area (Å²) in [5, 5.41) is 0. The quantitative estimate of drug-likeness (QED) is 0.332. The van der Waals surface area contributed by atoms with Crippen molar-refractivity contribution in [1.82, 2.24) is 14.0 Å². The van der Waals surface area contributed by atoms with E-state index in [9.17, 15) is 0 Å². The molecule has 11 rings (SSSR count). The second kappa shape index (κ2) is 4.67. The number of aryl methyl sites for hydroxylation is 1. The number of rotatable bonds is 0. The Morgan fingerprint density at radius 2 is 1.66 bits per heavy atom. The molecule has 0 saturated carbocycles. The zero-order valence-corrected chi connectivity index (χ0v) is 18.8. The fraction of sp³-hybridized carbons (Fsp3) is 0.138. The average molecular weight is 449 g/mol. The first-order valence-electron chi connectivity index (χ1n) is 12.4. The van der Waals surface area contributed by atoms with Crippen LogP contribution >= 0.6 is 0 Å². The number of hydrogen-bond donors (Lipinski definition) is 0. The Morgan fingerprint density at radius 3 is 2.57 bits per heavy atom. The Hall–Kier alpha value is -4.19. The molecular formula is C29H16BN3O2. The third-order valence-electron chi connectivity index (χ3n) is 9.40. The van der Waals surface area contributed by atoms with E-state index in [1.54, 1.807) is 0 Å². The van der Waals surface area contributed by atoms with Crippen LogP contribution in [-0.4, -0.2) is 20.7 Å². The minimum absolute atomic E-state index is 0.0124. The summed E-state index contributed by atoms with van der Waals surface area (Å²) >= 11 is 0. The van der Waals surface area contributed by atoms with Crippen LogP contribution in [0.4, 0.5) is 0 Å². The summed E-state index contributed by atoms with van der Waals surface area (Å²) in [7, 11) is 0. The first kappa shape index (κ1) is 16.4. The fourth-order valence-electron chi connectivity index (χ4n) is 8.24. The fourth-order valence-corrected chi connectivity index (χ4v) is 8.24. The van der Waals surface area contributed by atoms with Crippen LogP contribution in [0.1, 0.15) is 22.3 Å². The highest BCUT2D eigenvalue weighted by molar-refractivity contribution is 6.99. The number of para-hydroxylation sites is 1. The molecule has 0 radical (unpaired) electrons. The van der Waals surface area contributed by atoms with Crippen LogP contribution in [0.3, 0.4) is 0 Å². The zero-order valence-electron chi connectivity index (χ0n) is 18.8. The number of ether oxygens (including phenoxy) is 2. The Balaban J connectivity index is 1.40. The van der Waals surface area contributed by atoms with E-state index in [0.29, 0.717) is 0 Å². The zero-order chi connectivity index (χ0) is 22.4. The van der Waals surface area contributed by atoms with Crippen LogP contribution in [0.5, 0.6) is 23.0 Å². The van der Waals surface area contributed by atoms with E-state index in [2.05, 4.69) is 64.4 Å². The summed E-state index contributed by atoms with van der Waals surface area (Å²) in [4.78, 5) is 5.20. The number of aromatic nitrogens is 3. The van der Waals surface area contributed by atoms with Gasteiger partial charge in [0.1, 0.15) is 23.0 Å². The van der Waals surface area contributed by atoms with Crippen LogP contribution in [0, 0.1) is 6.92 Å². The molecule has 162 valence electrons. The van der Waals surface area contributed by atoms with Crippen molar-refractivity contribution in [1.29, 1.82) is 0 Å². The molecular weight excluding hydrogens is 433 g/mol. The lowest BCUT2D eigenvalue weighted by Gasteiger charge is -2.51. The van der Waals surface area contributed by atoms with E-state index in [0.717, 1.165) is 47.3 Å². The smallest absolute Gasteiger partial charge is 0.261 e. The normalized spacial score (nSPS) is 20.4. The number of nitrogens with zero attached hydrogens (tertiary/aromatic N) is 3. The van der Waals surface area contributed by atoms with Crippen molar-refractivity contribution in [3.8, 4) is 23.0 Å². The highest BCUT2D eigenvalue weighted by atomic mass is 16.5. The van der Waals surface area contributed by atoms with E-state index < -0.39 is 0 Å². The van der Waals surface area contributed by atoms with Crippen molar-refractivity contribution in [3.63, 3.8) is 0 Å². The predicted octanol–water partition coefficient (Wildman–Crippen LogP) is 3.65. The minimum atomic E-state index is -0.0124. The van der Waals surface area contributed by atoms with Crippen LogP contribution in [0.25, 0.3) is 27.8 Å². The average Bonchev–Trinajstić information content (AvgIpc) is 3.49. The predicted molar refractivity (Wildman–Crippen MR) is 135 cm³/mol. The molecule has 0 amide bonds. The van der Waals surface area contributed by atoms with Gasteiger partial charge in [0, 0.05) is 23.5 Å². The number of imidazole rings is 2. The molecule has 4 aliphatic heterocycles. The van der Waals surface area contributed by atoms with Crippen molar-refractivity contribution >= 4 is 50.9 Å². The van der Waals surface area contributed by atoms with Crippen LogP contribution in [0.2, 0.25) is 0 Å². The Morgan fingerprint density at radius 1 is 0.857 bits per heavy atom. The second-order valence-corrected chi connectivity index (χ2v) is 10.9. The van der Waals surface area contributed by atoms with Gasteiger partial charge in [-0.15, -0.1) is 0 Å². The van der Waals surface area contributed by atoms with Gasteiger partial charge in [-0.25, -0.2) is 4.98 Å². The molecule has 35 heavy (non-hydrogen) atoms. The van der Waals surface area contributed by atoms with Crippen molar-refractivity contribution in [3.05, 3.63) is 76.9 Å². The maximum atomic E-state index is 6.70. The Labute approximate surface area is 199 Å². The maximum Gasteiger partial charge on any atom is 0.261 e. The maximum absolute atomic E-state index is 6.70. The summed E-state index contributed by atoms with van der Waals surface area (Å²) in [6.07, 6.45) is 1.06. The molecule has 0 saturated heterocycles. The van der Waals surface area contributed by atoms with Crippen molar-refractivity contribution < 1.29 is 9.47 Å². The molecule has 0 fully saturated rings. The van der Waals surface area contributed by atoms with Gasteiger partial charge in [0.2, 0.25) is 5.78 Å². The van der Waals surface area contributed by atoms with E-state index in [1.807, 2.05) is 6.07 Å². The summed E-state index contributed by atoms with van der Waals surface area (Å²) in [6, 6.07) is 19.4. The van der Waals surface area contributed by atoms with Gasteiger partial charge in [-0.2, -0.15) is 0 Å². The molecule has 1 unspecified atom stereocenters. The highest BCUT2D eigenvalue weighted by Crippen LogP contribution is 2.58. The third kappa shape index (κ3) is 1.43. The molecule has 6 heteroatoms.